The van der Waals surface area contributed by atoms with E-state index in [0.29, 0.717) is 5.56 Å². The van der Waals surface area contributed by atoms with Crippen molar-refractivity contribution in [2.75, 3.05) is 0 Å². The fraction of sp³-hybridized carbons (Fsp3) is 0.364. The van der Waals surface area contributed by atoms with Crippen LogP contribution in [-0.4, -0.2) is 25.2 Å². The third kappa shape index (κ3) is 3.28. The van der Waals surface area contributed by atoms with Gasteiger partial charge in [-0.05, 0) is 19.4 Å². The van der Waals surface area contributed by atoms with Gasteiger partial charge in [0.1, 0.15) is 0 Å². The highest BCUT2D eigenvalue weighted by atomic mass is 32.2. The van der Waals surface area contributed by atoms with Crippen LogP contribution < -0.4 is 0 Å². The second-order valence-electron chi connectivity index (χ2n) is 3.88. The average molecular weight is 287 g/mol. The molecule has 0 saturated heterocycles. The van der Waals surface area contributed by atoms with Gasteiger partial charge in [0.05, 0.1) is 10.2 Å². The van der Waals surface area contributed by atoms with Gasteiger partial charge in [0.15, 0.2) is 15.3 Å². The van der Waals surface area contributed by atoms with Crippen molar-refractivity contribution < 1.29 is 22.9 Å². The van der Waals surface area contributed by atoms with E-state index in [0.717, 1.165) is 0 Å². The summed E-state index contributed by atoms with van der Waals surface area (Å²) < 4.78 is 28.5. The molecule has 0 aliphatic rings. The zero-order valence-electron chi connectivity index (χ0n) is 10.3. The van der Waals surface area contributed by atoms with Crippen LogP contribution in [0.2, 0.25) is 0 Å². The van der Waals surface area contributed by atoms with Crippen LogP contribution >= 0.6 is 0 Å². The number of hydrogen-bond donors (Lipinski definition) is 0. The topological polar surface area (TPSA) is 104 Å². The normalized spacial score (nSPS) is 14.4. The summed E-state index contributed by atoms with van der Waals surface area (Å²) >= 11 is 0. The Morgan fingerprint density at radius 1 is 1.26 bits per heavy atom. The molecule has 7 nitrogen and oxygen atoms in total. The zero-order valence-corrected chi connectivity index (χ0v) is 11.2. The molecule has 0 amide bonds. The lowest BCUT2D eigenvalue weighted by Gasteiger charge is -2.17. The molecule has 0 aliphatic carbocycles. The maximum absolute atomic E-state index is 12.0. The third-order valence-electron chi connectivity index (χ3n) is 2.78. The Balaban J connectivity index is 3.02. The van der Waals surface area contributed by atoms with Crippen molar-refractivity contribution in [3.05, 3.63) is 39.9 Å². The van der Waals surface area contributed by atoms with E-state index in [2.05, 4.69) is 4.74 Å². The maximum atomic E-state index is 12.0. The van der Waals surface area contributed by atoms with E-state index in [-0.39, 0.29) is 12.2 Å². The first-order valence-corrected chi connectivity index (χ1v) is 6.97. The van der Waals surface area contributed by atoms with E-state index in [1.165, 1.54) is 38.1 Å². The Kier molecular flexibility index (Phi) is 4.60. The molecule has 0 spiro atoms. The SMILES string of the molecule is CC(OC=O)S(=O)(=O)C(C)c1ccc([N+](=O)[O-])cc1. The first-order valence-electron chi connectivity index (χ1n) is 5.37. The molecule has 0 fully saturated rings. The van der Waals surface area contributed by atoms with E-state index >= 15 is 0 Å². The van der Waals surface area contributed by atoms with Gasteiger partial charge in [-0.1, -0.05) is 12.1 Å². The number of nitrogens with zero attached hydrogens (tertiary/aromatic N) is 1. The van der Waals surface area contributed by atoms with E-state index < -0.39 is 25.4 Å². The summed E-state index contributed by atoms with van der Waals surface area (Å²) in [6, 6.07) is 5.20. The molecule has 1 rings (SSSR count). The number of carbonyl (C=O) groups excluding carboxylic acids is 1. The second-order valence-corrected chi connectivity index (χ2v) is 6.43. The summed E-state index contributed by atoms with van der Waals surface area (Å²) in [5.74, 6) is 0. The number of sulfone groups is 1. The molecular weight excluding hydrogens is 274 g/mol. The molecule has 0 heterocycles. The molecule has 1 aromatic rings. The highest BCUT2D eigenvalue weighted by Gasteiger charge is 2.30. The van der Waals surface area contributed by atoms with Crippen molar-refractivity contribution in [1.29, 1.82) is 0 Å². The summed E-state index contributed by atoms with van der Waals surface area (Å²) in [7, 11) is -3.71. The van der Waals surface area contributed by atoms with Crippen LogP contribution in [0.4, 0.5) is 5.69 Å². The van der Waals surface area contributed by atoms with Crippen LogP contribution in [-0.2, 0) is 19.4 Å². The molecule has 19 heavy (non-hydrogen) atoms. The van der Waals surface area contributed by atoms with Crippen LogP contribution in [0.1, 0.15) is 24.7 Å². The van der Waals surface area contributed by atoms with Crippen molar-refractivity contribution in [2.45, 2.75) is 24.5 Å². The number of carbonyl (C=O) groups is 1. The number of non-ortho nitro benzene ring substituents is 1. The largest absolute Gasteiger partial charge is 0.448 e. The lowest BCUT2D eigenvalue weighted by atomic mass is 10.1. The standard InChI is InChI=1S/C11H13NO6S/c1-8(19(16,17)9(2)18-7-13)10-3-5-11(6-4-10)12(14)15/h3-9H,1-2H3. The van der Waals surface area contributed by atoms with Crippen LogP contribution in [0, 0.1) is 10.1 Å². The van der Waals surface area contributed by atoms with Gasteiger partial charge in [-0.25, -0.2) is 8.42 Å². The monoisotopic (exact) mass is 287 g/mol. The Hall–Kier alpha value is -1.96. The predicted octanol–water partition coefficient (Wildman–Crippen LogP) is 1.59. The molecule has 0 saturated carbocycles. The molecule has 2 unspecified atom stereocenters. The van der Waals surface area contributed by atoms with Gasteiger partial charge in [0.25, 0.3) is 12.2 Å². The van der Waals surface area contributed by atoms with Crippen molar-refractivity contribution in [3.63, 3.8) is 0 Å². The zero-order chi connectivity index (χ0) is 14.6. The average Bonchev–Trinajstić information content (AvgIpc) is 2.38. The van der Waals surface area contributed by atoms with Crippen molar-refractivity contribution in [2.24, 2.45) is 0 Å². The predicted molar refractivity (Wildman–Crippen MR) is 67.0 cm³/mol. The number of ether oxygens (including phenoxy) is 1. The van der Waals surface area contributed by atoms with Gasteiger partial charge in [-0.15, -0.1) is 0 Å². The number of nitro groups is 1. The van der Waals surface area contributed by atoms with Crippen LogP contribution in [0.25, 0.3) is 0 Å². The molecule has 0 radical (unpaired) electrons. The lowest BCUT2D eigenvalue weighted by molar-refractivity contribution is -0.384. The van der Waals surface area contributed by atoms with Gasteiger partial charge in [-0.2, -0.15) is 0 Å². The number of rotatable bonds is 6. The van der Waals surface area contributed by atoms with E-state index in [9.17, 15) is 23.3 Å². The second kappa shape index (κ2) is 5.79. The Bertz CT molecular complexity index is 565. The minimum absolute atomic E-state index is 0.0742. The number of benzene rings is 1. The Morgan fingerprint density at radius 3 is 2.21 bits per heavy atom. The van der Waals surface area contributed by atoms with E-state index in [1.807, 2.05) is 0 Å². The fourth-order valence-corrected chi connectivity index (χ4v) is 2.81. The molecule has 0 bridgehead atoms. The number of nitro benzene ring substituents is 1. The smallest absolute Gasteiger partial charge is 0.294 e. The first kappa shape index (κ1) is 15.1. The first-order chi connectivity index (χ1) is 8.80. The highest BCUT2D eigenvalue weighted by molar-refractivity contribution is 7.92. The van der Waals surface area contributed by atoms with Gasteiger partial charge in [-0.3, -0.25) is 14.9 Å². The maximum Gasteiger partial charge on any atom is 0.294 e. The Labute approximate surface area is 110 Å². The molecule has 104 valence electrons. The minimum atomic E-state index is -3.71. The molecule has 8 heteroatoms. The van der Waals surface area contributed by atoms with Crippen molar-refractivity contribution in [3.8, 4) is 0 Å². The van der Waals surface area contributed by atoms with Crippen LogP contribution in [0.5, 0.6) is 0 Å². The molecule has 0 aromatic heterocycles. The van der Waals surface area contributed by atoms with Crippen LogP contribution in [0.3, 0.4) is 0 Å². The molecule has 0 aliphatic heterocycles. The fourth-order valence-electron chi connectivity index (χ4n) is 1.50. The summed E-state index contributed by atoms with van der Waals surface area (Å²) in [6.45, 7) is 2.76. The summed E-state index contributed by atoms with van der Waals surface area (Å²) in [5.41, 5.74) is -0.993. The van der Waals surface area contributed by atoms with Gasteiger partial charge < -0.3 is 4.74 Å². The molecular formula is C11H13NO6S. The van der Waals surface area contributed by atoms with Gasteiger partial charge in [0, 0.05) is 12.1 Å². The molecule has 2 atom stereocenters. The highest BCUT2D eigenvalue weighted by Crippen LogP contribution is 2.27. The minimum Gasteiger partial charge on any atom is -0.448 e. The molecule has 0 N–H and O–H groups in total. The van der Waals surface area contributed by atoms with E-state index in [1.54, 1.807) is 0 Å². The lowest BCUT2D eigenvalue weighted by Crippen LogP contribution is -2.25. The van der Waals surface area contributed by atoms with Gasteiger partial charge in [0.2, 0.25) is 0 Å². The van der Waals surface area contributed by atoms with Gasteiger partial charge >= 0.3 is 0 Å². The summed E-state index contributed by atoms with van der Waals surface area (Å²) in [6.07, 6.45) is 0. The summed E-state index contributed by atoms with van der Waals surface area (Å²) in [4.78, 5) is 20.1. The van der Waals surface area contributed by atoms with Crippen molar-refractivity contribution >= 4 is 22.0 Å². The third-order valence-corrected chi connectivity index (χ3v) is 5.07. The van der Waals surface area contributed by atoms with E-state index in [4.69, 9.17) is 0 Å². The Morgan fingerprint density at radius 2 is 1.79 bits per heavy atom. The quantitative estimate of drug-likeness (QED) is 0.447. The number of hydrogen-bond acceptors (Lipinski definition) is 6. The molecule has 1 aromatic carbocycles. The summed E-state index contributed by atoms with van der Waals surface area (Å²) in [5, 5.41) is 9.57. The van der Waals surface area contributed by atoms with Crippen molar-refractivity contribution in [1.82, 2.24) is 0 Å². The van der Waals surface area contributed by atoms with Crippen LogP contribution in [0.15, 0.2) is 24.3 Å².